The number of carbonyl (C=O) groups excluding carboxylic acids is 2. The molecule has 2 aromatic heterocycles. The summed E-state index contributed by atoms with van der Waals surface area (Å²) in [5.41, 5.74) is 3.83. The Morgan fingerprint density at radius 3 is 2.75 bits per heavy atom. The summed E-state index contributed by atoms with van der Waals surface area (Å²) in [5, 5.41) is 10.0. The van der Waals surface area contributed by atoms with Gasteiger partial charge in [0, 0.05) is 44.0 Å². The van der Waals surface area contributed by atoms with Crippen molar-refractivity contribution in [1.29, 1.82) is 0 Å². The minimum Gasteiger partial charge on any atom is -0.352 e. The number of amides is 2. The molecule has 1 saturated heterocycles. The minimum absolute atomic E-state index is 0.00486. The van der Waals surface area contributed by atoms with E-state index in [0.717, 1.165) is 22.4 Å². The maximum absolute atomic E-state index is 12.6. The number of rotatable bonds is 6. The van der Waals surface area contributed by atoms with Crippen molar-refractivity contribution < 1.29 is 9.59 Å². The molecule has 1 fully saturated rings. The fraction of sp³-hybridized carbons (Fsp3) is 0.238. The number of pyridine rings is 1. The Morgan fingerprint density at radius 2 is 1.96 bits per heavy atom. The number of nitrogens with zero attached hydrogens (tertiary/aromatic N) is 3. The van der Waals surface area contributed by atoms with Crippen LogP contribution in [0, 0.1) is 5.92 Å². The van der Waals surface area contributed by atoms with Crippen LogP contribution >= 0.6 is 0 Å². The molecule has 0 radical (unpaired) electrons. The molecule has 1 aliphatic rings. The number of hydrogen-bond acceptors (Lipinski definition) is 4. The predicted octanol–water partition coefficient (Wildman–Crippen LogP) is 2.14. The monoisotopic (exact) mass is 375 g/mol. The summed E-state index contributed by atoms with van der Waals surface area (Å²) in [6.07, 6.45) is 5.37. The van der Waals surface area contributed by atoms with Crippen molar-refractivity contribution in [2.45, 2.75) is 19.5 Å². The van der Waals surface area contributed by atoms with Gasteiger partial charge in [0.2, 0.25) is 11.8 Å². The Hall–Kier alpha value is -3.48. The van der Waals surface area contributed by atoms with E-state index in [0.29, 0.717) is 19.6 Å². The standard InChI is InChI=1S/C21H21N5O2/c27-19-10-17(14-26(19)13-15-6-8-22-9-7-15)21(28)23-11-18-12-24-25-20(18)16-4-2-1-3-5-16/h1-9,12,17H,10-11,13-14H2,(H,23,28)(H,24,25). The summed E-state index contributed by atoms with van der Waals surface area (Å²) in [7, 11) is 0. The first kappa shape index (κ1) is 17.9. The molecule has 1 unspecified atom stereocenters. The van der Waals surface area contributed by atoms with E-state index >= 15 is 0 Å². The van der Waals surface area contributed by atoms with E-state index in [2.05, 4.69) is 20.5 Å². The van der Waals surface area contributed by atoms with Crippen LogP contribution in [0.4, 0.5) is 0 Å². The van der Waals surface area contributed by atoms with Gasteiger partial charge in [0.15, 0.2) is 0 Å². The van der Waals surface area contributed by atoms with Gasteiger partial charge in [-0.05, 0) is 23.3 Å². The highest BCUT2D eigenvalue weighted by Crippen LogP contribution is 2.22. The third kappa shape index (κ3) is 3.93. The lowest BCUT2D eigenvalue weighted by atomic mass is 10.1. The number of hydrogen-bond donors (Lipinski definition) is 2. The maximum atomic E-state index is 12.6. The summed E-state index contributed by atoms with van der Waals surface area (Å²) >= 11 is 0. The van der Waals surface area contributed by atoms with Gasteiger partial charge in [0.1, 0.15) is 0 Å². The molecule has 28 heavy (non-hydrogen) atoms. The highest BCUT2D eigenvalue weighted by atomic mass is 16.2. The molecular formula is C21H21N5O2. The van der Waals surface area contributed by atoms with Gasteiger partial charge >= 0.3 is 0 Å². The molecule has 0 aliphatic carbocycles. The quantitative estimate of drug-likeness (QED) is 0.691. The van der Waals surface area contributed by atoms with Crippen molar-refractivity contribution in [3.05, 3.63) is 72.2 Å². The van der Waals surface area contributed by atoms with E-state index in [1.54, 1.807) is 23.5 Å². The zero-order valence-electron chi connectivity index (χ0n) is 15.3. The van der Waals surface area contributed by atoms with Crippen molar-refractivity contribution >= 4 is 11.8 Å². The van der Waals surface area contributed by atoms with Gasteiger partial charge in [-0.3, -0.25) is 19.7 Å². The zero-order valence-corrected chi connectivity index (χ0v) is 15.3. The smallest absolute Gasteiger partial charge is 0.225 e. The van der Waals surface area contributed by atoms with Crippen LogP contribution in [-0.4, -0.2) is 38.4 Å². The SMILES string of the molecule is O=C(NCc1cn[nH]c1-c1ccccc1)C1CC(=O)N(Cc2ccncc2)C1. The van der Waals surface area contributed by atoms with Gasteiger partial charge in [-0.2, -0.15) is 5.10 Å². The molecule has 4 rings (SSSR count). The molecule has 1 atom stereocenters. The van der Waals surface area contributed by atoms with Gasteiger partial charge in [0.05, 0.1) is 17.8 Å². The normalized spacial score (nSPS) is 16.4. The second kappa shape index (κ2) is 8.04. The van der Waals surface area contributed by atoms with Crippen molar-refractivity contribution in [2.24, 2.45) is 5.92 Å². The first-order valence-electron chi connectivity index (χ1n) is 9.23. The van der Waals surface area contributed by atoms with Crippen molar-refractivity contribution in [3.8, 4) is 11.3 Å². The van der Waals surface area contributed by atoms with Gasteiger partial charge in [-0.15, -0.1) is 0 Å². The molecule has 142 valence electrons. The molecule has 7 heteroatoms. The number of aromatic amines is 1. The van der Waals surface area contributed by atoms with E-state index in [-0.39, 0.29) is 24.2 Å². The number of aromatic nitrogens is 3. The first-order chi connectivity index (χ1) is 13.7. The largest absolute Gasteiger partial charge is 0.352 e. The third-order valence-electron chi connectivity index (χ3n) is 4.94. The average molecular weight is 375 g/mol. The van der Waals surface area contributed by atoms with Crippen molar-refractivity contribution in [2.75, 3.05) is 6.54 Å². The predicted molar refractivity (Wildman–Crippen MR) is 104 cm³/mol. The molecular weight excluding hydrogens is 354 g/mol. The van der Waals surface area contributed by atoms with Crippen LogP contribution in [0.1, 0.15) is 17.5 Å². The Morgan fingerprint density at radius 1 is 1.18 bits per heavy atom. The Bertz CT molecular complexity index is 955. The average Bonchev–Trinajstić information content (AvgIpc) is 3.34. The van der Waals surface area contributed by atoms with E-state index in [4.69, 9.17) is 0 Å². The van der Waals surface area contributed by atoms with Crippen LogP contribution in [0.25, 0.3) is 11.3 Å². The van der Waals surface area contributed by atoms with E-state index < -0.39 is 0 Å². The van der Waals surface area contributed by atoms with Crippen LogP contribution in [0.5, 0.6) is 0 Å². The topological polar surface area (TPSA) is 91.0 Å². The van der Waals surface area contributed by atoms with Crippen molar-refractivity contribution in [3.63, 3.8) is 0 Å². The second-order valence-electron chi connectivity index (χ2n) is 6.88. The number of likely N-dealkylation sites (tertiary alicyclic amines) is 1. The molecule has 0 bridgehead atoms. The molecule has 1 aliphatic heterocycles. The lowest BCUT2D eigenvalue weighted by Gasteiger charge is -2.16. The summed E-state index contributed by atoms with van der Waals surface area (Å²) in [5.74, 6) is -0.433. The molecule has 1 aromatic carbocycles. The zero-order chi connectivity index (χ0) is 19.3. The Labute approximate surface area is 162 Å². The Balaban J connectivity index is 1.35. The number of H-pyrrole nitrogens is 1. The fourth-order valence-electron chi connectivity index (χ4n) is 3.44. The third-order valence-corrected chi connectivity index (χ3v) is 4.94. The van der Waals surface area contributed by atoms with E-state index in [1.165, 1.54) is 0 Å². The first-order valence-corrected chi connectivity index (χ1v) is 9.23. The highest BCUT2D eigenvalue weighted by molar-refractivity contribution is 5.89. The molecule has 0 spiro atoms. The lowest BCUT2D eigenvalue weighted by Crippen LogP contribution is -2.32. The highest BCUT2D eigenvalue weighted by Gasteiger charge is 2.34. The molecule has 2 N–H and O–H groups in total. The van der Waals surface area contributed by atoms with Crippen LogP contribution < -0.4 is 5.32 Å². The number of benzene rings is 1. The maximum Gasteiger partial charge on any atom is 0.225 e. The molecule has 0 saturated carbocycles. The van der Waals surface area contributed by atoms with Crippen molar-refractivity contribution in [1.82, 2.24) is 25.4 Å². The summed E-state index contributed by atoms with van der Waals surface area (Å²) in [6.45, 7) is 1.31. The van der Waals surface area contributed by atoms with Crippen LogP contribution in [0.3, 0.4) is 0 Å². The van der Waals surface area contributed by atoms with Crippen LogP contribution in [-0.2, 0) is 22.7 Å². The van der Waals surface area contributed by atoms with Gasteiger partial charge in [0.25, 0.3) is 0 Å². The minimum atomic E-state index is -0.332. The van der Waals surface area contributed by atoms with E-state index in [9.17, 15) is 9.59 Å². The Kier molecular flexibility index (Phi) is 5.14. The molecule has 3 heterocycles. The molecule has 3 aromatic rings. The summed E-state index contributed by atoms with van der Waals surface area (Å²) in [6, 6.07) is 13.6. The van der Waals surface area contributed by atoms with E-state index in [1.807, 2.05) is 42.5 Å². The summed E-state index contributed by atoms with van der Waals surface area (Å²) in [4.78, 5) is 30.6. The van der Waals surface area contributed by atoms with Crippen LogP contribution in [0.15, 0.2) is 61.1 Å². The van der Waals surface area contributed by atoms with Crippen LogP contribution in [0.2, 0.25) is 0 Å². The lowest BCUT2D eigenvalue weighted by molar-refractivity contribution is -0.129. The fourth-order valence-corrected chi connectivity index (χ4v) is 3.44. The second-order valence-corrected chi connectivity index (χ2v) is 6.88. The summed E-state index contributed by atoms with van der Waals surface area (Å²) < 4.78 is 0. The van der Waals surface area contributed by atoms with Gasteiger partial charge in [-0.1, -0.05) is 30.3 Å². The number of nitrogens with one attached hydrogen (secondary N) is 2. The van der Waals surface area contributed by atoms with Gasteiger partial charge in [-0.25, -0.2) is 0 Å². The van der Waals surface area contributed by atoms with Gasteiger partial charge < -0.3 is 10.2 Å². The number of carbonyl (C=O) groups is 2. The molecule has 2 amide bonds. The molecule has 7 nitrogen and oxygen atoms in total.